The van der Waals surface area contributed by atoms with Gasteiger partial charge < -0.3 is 19.0 Å². The highest BCUT2D eigenvalue weighted by Gasteiger charge is 2.15. The number of rotatable bonds is 5. The second-order valence-corrected chi connectivity index (χ2v) is 6.48. The maximum Gasteiger partial charge on any atom is 0.344 e. The molecule has 0 spiro atoms. The van der Waals surface area contributed by atoms with E-state index in [9.17, 15) is 9.90 Å². The molecule has 2 heterocycles. The van der Waals surface area contributed by atoms with Crippen LogP contribution in [-0.2, 0) is 6.61 Å². The van der Waals surface area contributed by atoms with E-state index in [-0.39, 0.29) is 6.61 Å². The van der Waals surface area contributed by atoms with Crippen LogP contribution in [0.25, 0.3) is 21.7 Å². The number of hydrogen-bond acceptors (Lipinski definition) is 6. The molecule has 0 aliphatic rings. The van der Waals surface area contributed by atoms with Crippen LogP contribution in [0, 0.1) is 0 Å². The van der Waals surface area contributed by atoms with Gasteiger partial charge in [-0.1, -0.05) is 18.2 Å². The first-order chi connectivity index (χ1) is 13.6. The van der Waals surface area contributed by atoms with Crippen molar-refractivity contribution in [3.8, 4) is 11.5 Å². The fourth-order valence-electron chi connectivity index (χ4n) is 3.12. The van der Waals surface area contributed by atoms with Gasteiger partial charge in [0.2, 0.25) is 0 Å². The van der Waals surface area contributed by atoms with Gasteiger partial charge in [-0.05, 0) is 36.8 Å². The zero-order chi connectivity index (χ0) is 19.7. The van der Waals surface area contributed by atoms with Crippen molar-refractivity contribution in [3.05, 3.63) is 76.4 Å². The van der Waals surface area contributed by atoms with E-state index < -0.39 is 11.7 Å². The standard InChI is InChI=1S/C22H19NO5/c1-13(24)14-6-7-16-17-10-20(26-2)21(27-12-15-5-3-4-8-23-15)11-19(17)28-22(25)18(16)9-14/h3-11,13,24H,12H2,1-2H3. The second-order valence-electron chi connectivity index (χ2n) is 6.48. The number of aliphatic hydroxyl groups excluding tert-OH is 1. The summed E-state index contributed by atoms with van der Waals surface area (Å²) in [7, 11) is 1.56. The van der Waals surface area contributed by atoms with Crippen molar-refractivity contribution in [2.24, 2.45) is 0 Å². The van der Waals surface area contributed by atoms with Gasteiger partial charge in [0.15, 0.2) is 11.5 Å². The summed E-state index contributed by atoms with van der Waals surface area (Å²) in [6.07, 6.45) is 1.03. The highest BCUT2D eigenvalue weighted by atomic mass is 16.5. The first-order valence-electron chi connectivity index (χ1n) is 8.86. The summed E-state index contributed by atoms with van der Waals surface area (Å²) in [6.45, 7) is 1.91. The molecule has 1 N–H and O–H groups in total. The van der Waals surface area contributed by atoms with Crippen LogP contribution < -0.4 is 15.1 Å². The van der Waals surface area contributed by atoms with Gasteiger partial charge in [-0.3, -0.25) is 4.98 Å². The normalized spacial score (nSPS) is 12.2. The average Bonchev–Trinajstić information content (AvgIpc) is 2.72. The summed E-state index contributed by atoms with van der Waals surface area (Å²) in [4.78, 5) is 16.7. The number of fused-ring (bicyclic) bond motifs is 3. The minimum absolute atomic E-state index is 0.262. The molecule has 2 aromatic heterocycles. The van der Waals surface area contributed by atoms with Crippen LogP contribution in [0.1, 0.15) is 24.3 Å². The Bertz CT molecular complexity index is 1200. The largest absolute Gasteiger partial charge is 0.493 e. The third-order valence-corrected chi connectivity index (χ3v) is 4.61. The SMILES string of the molecule is COc1cc2c(cc1OCc1ccccn1)oc(=O)c1cc(C(C)O)ccc12. The Kier molecular flexibility index (Phi) is 4.71. The number of aliphatic hydroxyl groups is 1. The number of pyridine rings is 1. The maximum absolute atomic E-state index is 12.5. The Hall–Kier alpha value is -3.38. The van der Waals surface area contributed by atoms with Crippen molar-refractivity contribution in [1.29, 1.82) is 0 Å². The van der Waals surface area contributed by atoms with Gasteiger partial charge in [0.1, 0.15) is 12.2 Å². The molecule has 0 radical (unpaired) electrons. The molecular formula is C22H19NO5. The van der Waals surface area contributed by atoms with Gasteiger partial charge in [0, 0.05) is 23.0 Å². The van der Waals surface area contributed by atoms with Gasteiger partial charge >= 0.3 is 5.63 Å². The van der Waals surface area contributed by atoms with Crippen molar-refractivity contribution in [2.45, 2.75) is 19.6 Å². The van der Waals surface area contributed by atoms with Crippen molar-refractivity contribution >= 4 is 21.7 Å². The first-order valence-corrected chi connectivity index (χ1v) is 8.86. The van der Waals surface area contributed by atoms with Crippen molar-refractivity contribution < 1.29 is 19.0 Å². The first kappa shape index (κ1) is 18.0. The second kappa shape index (κ2) is 7.32. The quantitative estimate of drug-likeness (QED) is 0.418. The summed E-state index contributed by atoms with van der Waals surface area (Å²) in [5, 5.41) is 11.7. The molecule has 6 nitrogen and oxygen atoms in total. The molecular weight excluding hydrogens is 358 g/mol. The lowest BCUT2D eigenvalue weighted by Gasteiger charge is -2.13. The Morgan fingerprint density at radius 1 is 1.07 bits per heavy atom. The lowest BCUT2D eigenvalue weighted by Crippen LogP contribution is -2.03. The van der Waals surface area contributed by atoms with Crippen LogP contribution in [0.15, 0.2) is 63.9 Å². The van der Waals surface area contributed by atoms with Crippen LogP contribution in [-0.4, -0.2) is 17.2 Å². The predicted octanol–water partition coefficient (Wildman–Crippen LogP) is 3.98. The van der Waals surface area contributed by atoms with Crippen LogP contribution in [0.3, 0.4) is 0 Å². The zero-order valence-corrected chi connectivity index (χ0v) is 15.5. The van der Waals surface area contributed by atoms with Crippen LogP contribution in [0.2, 0.25) is 0 Å². The van der Waals surface area contributed by atoms with Crippen LogP contribution in [0.4, 0.5) is 0 Å². The van der Waals surface area contributed by atoms with E-state index in [0.29, 0.717) is 28.0 Å². The lowest BCUT2D eigenvalue weighted by molar-refractivity contribution is 0.199. The van der Waals surface area contributed by atoms with Gasteiger partial charge in [-0.2, -0.15) is 0 Å². The highest BCUT2D eigenvalue weighted by Crippen LogP contribution is 2.35. The predicted molar refractivity (Wildman–Crippen MR) is 106 cm³/mol. The molecule has 4 aromatic rings. The third kappa shape index (κ3) is 3.30. The molecule has 6 heteroatoms. The molecule has 2 aromatic carbocycles. The molecule has 0 bridgehead atoms. The lowest BCUT2D eigenvalue weighted by atomic mass is 10.0. The molecule has 28 heavy (non-hydrogen) atoms. The summed E-state index contributed by atoms with van der Waals surface area (Å²) >= 11 is 0. The van der Waals surface area contributed by atoms with Crippen LogP contribution in [0.5, 0.6) is 11.5 Å². The van der Waals surface area contributed by atoms with E-state index >= 15 is 0 Å². The fourth-order valence-corrected chi connectivity index (χ4v) is 3.12. The van der Waals surface area contributed by atoms with Crippen molar-refractivity contribution in [1.82, 2.24) is 4.98 Å². The topological polar surface area (TPSA) is 81.8 Å². The zero-order valence-electron chi connectivity index (χ0n) is 15.5. The average molecular weight is 377 g/mol. The van der Waals surface area contributed by atoms with Crippen LogP contribution >= 0.6 is 0 Å². The summed E-state index contributed by atoms with van der Waals surface area (Å²) in [6, 6.07) is 14.3. The molecule has 0 saturated carbocycles. The van der Waals surface area contributed by atoms with E-state index in [2.05, 4.69) is 4.98 Å². The number of aromatic nitrogens is 1. The minimum atomic E-state index is -0.670. The maximum atomic E-state index is 12.5. The van der Waals surface area contributed by atoms with Gasteiger partial charge in [0.05, 0.1) is 24.3 Å². The van der Waals surface area contributed by atoms with E-state index in [1.54, 1.807) is 44.5 Å². The minimum Gasteiger partial charge on any atom is -0.493 e. The smallest absolute Gasteiger partial charge is 0.344 e. The Balaban J connectivity index is 1.82. The monoisotopic (exact) mass is 377 g/mol. The number of hydrogen-bond donors (Lipinski definition) is 1. The van der Waals surface area contributed by atoms with Gasteiger partial charge in [0.25, 0.3) is 0 Å². The third-order valence-electron chi connectivity index (χ3n) is 4.61. The molecule has 0 aliphatic carbocycles. The van der Waals surface area contributed by atoms with E-state index in [4.69, 9.17) is 13.9 Å². The number of benzene rings is 2. The number of ether oxygens (including phenoxy) is 2. The fraction of sp³-hybridized carbons (Fsp3) is 0.182. The summed E-state index contributed by atoms with van der Waals surface area (Å²) in [5.41, 5.74) is 1.36. The van der Waals surface area contributed by atoms with E-state index in [1.165, 1.54) is 0 Å². The van der Waals surface area contributed by atoms with Gasteiger partial charge in [-0.15, -0.1) is 0 Å². The number of methoxy groups -OCH3 is 1. The molecule has 1 unspecified atom stereocenters. The van der Waals surface area contributed by atoms with Crippen molar-refractivity contribution in [3.63, 3.8) is 0 Å². The Morgan fingerprint density at radius 3 is 2.64 bits per heavy atom. The molecule has 0 aliphatic heterocycles. The summed E-state index contributed by atoms with van der Waals surface area (Å²) in [5.74, 6) is 0.988. The molecule has 0 saturated heterocycles. The molecule has 0 fully saturated rings. The van der Waals surface area contributed by atoms with Crippen molar-refractivity contribution in [2.75, 3.05) is 7.11 Å². The molecule has 0 amide bonds. The van der Waals surface area contributed by atoms with E-state index in [1.807, 2.05) is 24.3 Å². The van der Waals surface area contributed by atoms with Gasteiger partial charge in [-0.25, -0.2) is 4.79 Å². The molecule has 1 atom stereocenters. The Morgan fingerprint density at radius 2 is 1.93 bits per heavy atom. The van der Waals surface area contributed by atoms with E-state index in [0.717, 1.165) is 16.5 Å². The molecule has 142 valence electrons. The molecule has 4 rings (SSSR count). The highest BCUT2D eigenvalue weighted by molar-refractivity contribution is 6.05. The number of nitrogens with zero attached hydrogens (tertiary/aromatic N) is 1. The Labute approximate surface area is 161 Å². The summed E-state index contributed by atoms with van der Waals surface area (Å²) < 4.78 is 16.8.